The molecule has 196 valence electrons. The molecule has 1 fully saturated rings. The molecule has 0 atom stereocenters. The van der Waals surface area contributed by atoms with Crippen LogP contribution in [0.5, 0.6) is 17.2 Å². The fourth-order valence-electron chi connectivity index (χ4n) is 4.14. The Hall–Kier alpha value is -3.92. The Morgan fingerprint density at radius 2 is 1.59 bits per heavy atom. The van der Waals surface area contributed by atoms with Crippen molar-refractivity contribution in [1.82, 2.24) is 4.90 Å². The van der Waals surface area contributed by atoms with E-state index < -0.39 is 10.0 Å². The number of carbonyl (C=O) groups is 1. The van der Waals surface area contributed by atoms with E-state index in [0.717, 1.165) is 11.4 Å². The minimum atomic E-state index is -3.79. The second-order valence-electron chi connectivity index (χ2n) is 8.59. The van der Waals surface area contributed by atoms with Crippen LogP contribution in [0, 0.1) is 6.92 Å². The fourth-order valence-corrected chi connectivity index (χ4v) is 5.29. The lowest BCUT2D eigenvalue weighted by Gasteiger charge is -2.36. The first-order valence-electron chi connectivity index (χ1n) is 11.9. The molecule has 3 aromatic rings. The zero-order chi connectivity index (χ0) is 26.4. The molecule has 0 aromatic heterocycles. The van der Waals surface area contributed by atoms with Gasteiger partial charge in [0.2, 0.25) is 0 Å². The quantitative estimate of drug-likeness (QED) is 0.456. The summed E-state index contributed by atoms with van der Waals surface area (Å²) in [4.78, 5) is 16.8. The molecule has 3 aromatic carbocycles. The molecule has 9 nitrogen and oxygen atoms in total. The predicted octanol–water partition coefficient (Wildman–Crippen LogP) is 3.54. The number of methoxy groups -OCH3 is 2. The number of rotatable bonds is 9. The van der Waals surface area contributed by atoms with Crippen molar-refractivity contribution in [2.24, 2.45) is 0 Å². The highest BCUT2D eigenvalue weighted by molar-refractivity contribution is 7.92. The van der Waals surface area contributed by atoms with Crippen molar-refractivity contribution in [3.63, 3.8) is 0 Å². The maximum absolute atomic E-state index is 12.8. The molecule has 1 aliphatic heterocycles. The molecule has 1 amide bonds. The van der Waals surface area contributed by atoms with Crippen LogP contribution in [0.25, 0.3) is 0 Å². The lowest BCUT2D eigenvalue weighted by atomic mass is 10.2. The molecular weight excluding hydrogens is 494 g/mol. The number of nitrogens with one attached hydrogen (secondary N) is 1. The monoisotopic (exact) mass is 525 g/mol. The van der Waals surface area contributed by atoms with Gasteiger partial charge >= 0.3 is 0 Å². The standard InChI is InChI=1S/C27H31N3O6S/c1-20-18-23(37(32,33)28-21-8-10-22(34-2)11-9-21)12-13-25(20)36-19-27(31)30-16-14-29(15-17-30)24-6-4-5-7-26(24)35-3/h4-13,18,28H,14-17,19H2,1-3H3. The van der Waals surface area contributed by atoms with E-state index in [1.54, 1.807) is 56.4 Å². The lowest BCUT2D eigenvalue weighted by Crippen LogP contribution is -2.50. The average molecular weight is 526 g/mol. The molecule has 0 spiro atoms. The van der Waals surface area contributed by atoms with Gasteiger partial charge < -0.3 is 24.0 Å². The first kappa shape index (κ1) is 26.2. The molecule has 0 unspecified atom stereocenters. The molecule has 1 N–H and O–H groups in total. The van der Waals surface area contributed by atoms with Crippen LogP contribution < -0.4 is 23.8 Å². The van der Waals surface area contributed by atoms with Crippen LogP contribution in [0.2, 0.25) is 0 Å². The maximum Gasteiger partial charge on any atom is 0.261 e. The predicted molar refractivity (Wildman–Crippen MR) is 142 cm³/mol. The van der Waals surface area contributed by atoms with Crippen LogP contribution in [0.4, 0.5) is 11.4 Å². The molecule has 1 aliphatic rings. The normalized spacial score (nSPS) is 13.7. The van der Waals surface area contributed by atoms with Gasteiger partial charge in [-0.1, -0.05) is 12.1 Å². The zero-order valence-electron chi connectivity index (χ0n) is 21.1. The Morgan fingerprint density at radius 1 is 0.892 bits per heavy atom. The van der Waals surface area contributed by atoms with Gasteiger partial charge in [-0.25, -0.2) is 8.42 Å². The Kier molecular flexibility index (Phi) is 8.08. The van der Waals surface area contributed by atoms with Crippen LogP contribution in [0.1, 0.15) is 5.56 Å². The second-order valence-corrected chi connectivity index (χ2v) is 10.3. The number of para-hydroxylation sites is 2. The van der Waals surface area contributed by atoms with E-state index in [4.69, 9.17) is 14.2 Å². The number of carbonyl (C=O) groups excluding carboxylic acids is 1. The summed E-state index contributed by atoms with van der Waals surface area (Å²) in [5.74, 6) is 1.79. The third-order valence-corrected chi connectivity index (χ3v) is 7.59. The van der Waals surface area contributed by atoms with Crippen molar-refractivity contribution in [2.45, 2.75) is 11.8 Å². The highest BCUT2D eigenvalue weighted by atomic mass is 32.2. The van der Waals surface area contributed by atoms with Gasteiger partial charge in [-0.15, -0.1) is 0 Å². The third-order valence-electron chi connectivity index (χ3n) is 6.21. The van der Waals surface area contributed by atoms with E-state index in [-0.39, 0.29) is 17.4 Å². The molecule has 1 saturated heterocycles. The first-order valence-corrected chi connectivity index (χ1v) is 13.3. The highest BCUT2D eigenvalue weighted by Gasteiger charge is 2.23. The molecule has 0 saturated carbocycles. The van der Waals surface area contributed by atoms with Crippen molar-refractivity contribution < 1.29 is 27.4 Å². The number of hydrogen-bond acceptors (Lipinski definition) is 7. The van der Waals surface area contributed by atoms with Gasteiger partial charge in [0.25, 0.3) is 15.9 Å². The number of nitrogens with zero attached hydrogens (tertiary/aromatic N) is 2. The fraction of sp³-hybridized carbons (Fsp3) is 0.296. The van der Waals surface area contributed by atoms with Gasteiger partial charge in [0.1, 0.15) is 17.2 Å². The molecule has 0 bridgehead atoms. The smallest absolute Gasteiger partial charge is 0.261 e. The van der Waals surface area contributed by atoms with Crippen molar-refractivity contribution >= 4 is 27.3 Å². The summed E-state index contributed by atoms with van der Waals surface area (Å²) in [6.07, 6.45) is 0. The van der Waals surface area contributed by atoms with E-state index >= 15 is 0 Å². The molecule has 1 heterocycles. The average Bonchev–Trinajstić information content (AvgIpc) is 2.92. The van der Waals surface area contributed by atoms with E-state index in [0.29, 0.717) is 48.9 Å². The van der Waals surface area contributed by atoms with Crippen LogP contribution in [-0.4, -0.2) is 66.2 Å². The third kappa shape index (κ3) is 6.26. The summed E-state index contributed by atoms with van der Waals surface area (Å²) in [5.41, 5.74) is 2.06. The van der Waals surface area contributed by atoms with Crippen molar-refractivity contribution in [2.75, 3.05) is 56.6 Å². The number of anilines is 2. The number of ether oxygens (including phenoxy) is 3. The summed E-state index contributed by atoms with van der Waals surface area (Å²) in [6.45, 7) is 4.17. The Balaban J connectivity index is 1.32. The summed E-state index contributed by atoms with van der Waals surface area (Å²) in [7, 11) is -0.594. The molecule has 10 heteroatoms. The van der Waals surface area contributed by atoms with Crippen LogP contribution >= 0.6 is 0 Å². The number of sulfonamides is 1. The molecule has 37 heavy (non-hydrogen) atoms. The second kappa shape index (κ2) is 11.4. The van der Waals surface area contributed by atoms with E-state index in [9.17, 15) is 13.2 Å². The summed E-state index contributed by atoms with van der Waals surface area (Å²) < 4.78 is 44.5. The Bertz CT molecular complexity index is 1340. The molecule has 0 radical (unpaired) electrons. The highest BCUT2D eigenvalue weighted by Crippen LogP contribution is 2.28. The van der Waals surface area contributed by atoms with Gasteiger partial charge in [-0.2, -0.15) is 0 Å². The summed E-state index contributed by atoms with van der Waals surface area (Å²) in [5, 5.41) is 0. The molecule has 0 aliphatic carbocycles. The molecular formula is C27H31N3O6S. The van der Waals surface area contributed by atoms with E-state index in [2.05, 4.69) is 9.62 Å². The zero-order valence-corrected chi connectivity index (χ0v) is 22.0. The number of piperazine rings is 1. The van der Waals surface area contributed by atoms with Crippen LogP contribution in [0.15, 0.2) is 71.6 Å². The maximum atomic E-state index is 12.8. The number of amides is 1. The topological polar surface area (TPSA) is 97.4 Å². The number of hydrogen-bond donors (Lipinski definition) is 1. The Labute approximate surface area is 217 Å². The van der Waals surface area contributed by atoms with Crippen molar-refractivity contribution in [3.05, 3.63) is 72.3 Å². The van der Waals surface area contributed by atoms with Crippen molar-refractivity contribution in [1.29, 1.82) is 0 Å². The number of aryl methyl sites for hydroxylation is 1. The SMILES string of the molecule is COc1ccc(NS(=O)(=O)c2ccc(OCC(=O)N3CCN(c4ccccc4OC)CC3)c(C)c2)cc1. The molecule has 4 rings (SSSR count). The van der Waals surface area contributed by atoms with Crippen molar-refractivity contribution in [3.8, 4) is 17.2 Å². The van der Waals surface area contributed by atoms with Crippen LogP contribution in [0.3, 0.4) is 0 Å². The van der Waals surface area contributed by atoms with Gasteiger partial charge in [-0.3, -0.25) is 9.52 Å². The minimum Gasteiger partial charge on any atom is -0.497 e. The van der Waals surface area contributed by atoms with E-state index in [1.807, 2.05) is 24.3 Å². The first-order chi connectivity index (χ1) is 17.8. The Morgan fingerprint density at radius 3 is 2.24 bits per heavy atom. The summed E-state index contributed by atoms with van der Waals surface area (Å²) >= 11 is 0. The van der Waals surface area contributed by atoms with Crippen LogP contribution in [-0.2, 0) is 14.8 Å². The van der Waals surface area contributed by atoms with Gasteiger partial charge in [0.05, 0.1) is 24.8 Å². The van der Waals surface area contributed by atoms with Gasteiger partial charge in [0, 0.05) is 31.9 Å². The summed E-state index contributed by atoms with van der Waals surface area (Å²) in [6, 6.07) is 19.0. The van der Waals surface area contributed by atoms with Gasteiger partial charge in [-0.05, 0) is 67.1 Å². The lowest BCUT2D eigenvalue weighted by molar-refractivity contribution is -0.133. The number of benzene rings is 3. The largest absolute Gasteiger partial charge is 0.497 e. The van der Waals surface area contributed by atoms with Gasteiger partial charge in [0.15, 0.2) is 6.61 Å². The van der Waals surface area contributed by atoms with E-state index in [1.165, 1.54) is 12.1 Å². The minimum absolute atomic E-state index is 0.104.